The van der Waals surface area contributed by atoms with E-state index in [-0.39, 0.29) is 0 Å². The van der Waals surface area contributed by atoms with Crippen LogP contribution in [-0.2, 0) is 6.54 Å². The Bertz CT molecular complexity index is 410. The van der Waals surface area contributed by atoms with E-state index in [1.807, 2.05) is 11.7 Å². The van der Waals surface area contributed by atoms with Gasteiger partial charge < -0.3 is 15.0 Å². The lowest BCUT2D eigenvalue weighted by Gasteiger charge is -2.13. The summed E-state index contributed by atoms with van der Waals surface area (Å²) in [6.07, 6.45) is 5.02. The summed E-state index contributed by atoms with van der Waals surface area (Å²) in [6, 6.07) is 0. The van der Waals surface area contributed by atoms with Gasteiger partial charge in [0.2, 0.25) is 0 Å². The largest absolute Gasteiger partial charge is 0.493 e. The van der Waals surface area contributed by atoms with Crippen LogP contribution >= 0.6 is 0 Å². The molecule has 0 aliphatic carbocycles. The zero-order chi connectivity index (χ0) is 14.3. The smallest absolute Gasteiger partial charge is 0.164 e. The molecule has 0 bridgehead atoms. The van der Waals surface area contributed by atoms with Crippen molar-refractivity contribution in [1.82, 2.24) is 20.0 Å². The Hall–Kier alpha value is -1.33. The van der Waals surface area contributed by atoms with Crippen LogP contribution in [0.3, 0.4) is 0 Å². The number of allylic oxidation sites excluding steroid dienone is 1. The fourth-order valence-electron chi connectivity index (χ4n) is 1.91. The van der Waals surface area contributed by atoms with Crippen LogP contribution in [0.2, 0.25) is 0 Å². The lowest BCUT2D eigenvalue weighted by Crippen LogP contribution is -2.20. The number of likely N-dealkylation sites (N-methyl/N-ethyl adjacent to an activating group) is 1. The third-order valence-electron chi connectivity index (χ3n) is 3.00. The fraction of sp³-hybridized carbons (Fsp3) is 0.643. The molecule has 0 radical (unpaired) electrons. The van der Waals surface area contributed by atoms with Crippen LogP contribution in [0.5, 0.6) is 5.75 Å². The van der Waals surface area contributed by atoms with Crippen molar-refractivity contribution < 1.29 is 4.74 Å². The molecule has 0 amide bonds. The summed E-state index contributed by atoms with van der Waals surface area (Å²) in [5.74, 6) is 0.844. The van der Waals surface area contributed by atoms with Crippen molar-refractivity contribution in [3.05, 3.63) is 18.0 Å². The molecular weight excluding hydrogens is 240 g/mol. The molecule has 5 nitrogen and oxygen atoms in total. The summed E-state index contributed by atoms with van der Waals surface area (Å²) in [5.41, 5.74) is 2.30. The number of nitrogens with one attached hydrogen (secondary N) is 1. The van der Waals surface area contributed by atoms with E-state index in [2.05, 4.69) is 42.4 Å². The Balaban J connectivity index is 2.88. The number of hydrogen-bond acceptors (Lipinski definition) is 4. The van der Waals surface area contributed by atoms with Crippen molar-refractivity contribution in [1.29, 1.82) is 0 Å². The van der Waals surface area contributed by atoms with Crippen LogP contribution in [0.15, 0.2) is 12.3 Å². The number of rotatable bonds is 8. The number of ether oxygens (including phenoxy) is 1. The number of hydrogen-bond donors (Lipinski definition) is 1. The van der Waals surface area contributed by atoms with Crippen LogP contribution in [0.4, 0.5) is 0 Å². The molecule has 0 saturated carbocycles. The zero-order valence-corrected chi connectivity index (χ0v) is 12.7. The Morgan fingerprint density at radius 3 is 2.84 bits per heavy atom. The molecule has 1 aromatic heterocycles. The average Bonchev–Trinajstić information content (AvgIpc) is 2.79. The van der Waals surface area contributed by atoms with Crippen molar-refractivity contribution in [2.24, 2.45) is 0 Å². The zero-order valence-electron chi connectivity index (χ0n) is 12.7. The molecule has 0 fully saturated rings. The van der Waals surface area contributed by atoms with E-state index in [0.717, 1.165) is 37.5 Å². The summed E-state index contributed by atoms with van der Waals surface area (Å²) >= 11 is 0. The van der Waals surface area contributed by atoms with Gasteiger partial charge in [-0.2, -0.15) is 5.10 Å². The predicted molar refractivity (Wildman–Crippen MR) is 79.5 cm³/mol. The second kappa shape index (κ2) is 7.96. The summed E-state index contributed by atoms with van der Waals surface area (Å²) in [6.45, 7) is 4.91. The molecule has 1 rings (SSSR count). The molecule has 0 saturated heterocycles. The van der Waals surface area contributed by atoms with Crippen molar-refractivity contribution in [2.75, 3.05) is 41.3 Å². The Morgan fingerprint density at radius 1 is 1.53 bits per heavy atom. The van der Waals surface area contributed by atoms with E-state index < -0.39 is 0 Å². The van der Waals surface area contributed by atoms with Gasteiger partial charge in [-0.25, -0.2) is 0 Å². The van der Waals surface area contributed by atoms with E-state index in [0.29, 0.717) is 0 Å². The van der Waals surface area contributed by atoms with Gasteiger partial charge in [0.15, 0.2) is 5.75 Å². The lowest BCUT2D eigenvalue weighted by molar-refractivity contribution is 0.370. The molecule has 0 aromatic carbocycles. The van der Waals surface area contributed by atoms with Crippen LogP contribution in [0.1, 0.15) is 19.0 Å². The SMILES string of the molecule is CNCC/C=C(/C)c1c(OC)cnn1CCN(C)C. The van der Waals surface area contributed by atoms with Crippen molar-refractivity contribution >= 4 is 5.57 Å². The maximum atomic E-state index is 5.41. The number of methoxy groups -OCH3 is 1. The molecule has 5 heteroatoms. The van der Waals surface area contributed by atoms with Crippen LogP contribution < -0.4 is 10.1 Å². The maximum Gasteiger partial charge on any atom is 0.164 e. The molecule has 0 spiro atoms. The molecule has 1 N–H and O–H groups in total. The second-order valence-electron chi connectivity index (χ2n) is 4.87. The monoisotopic (exact) mass is 266 g/mol. The Morgan fingerprint density at radius 2 is 2.26 bits per heavy atom. The van der Waals surface area contributed by atoms with Gasteiger partial charge in [-0.05, 0) is 46.6 Å². The Labute approximate surface area is 116 Å². The van der Waals surface area contributed by atoms with Crippen molar-refractivity contribution in [3.8, 4) is 5.75 Å². The molecule has 19 heavy (non-hydrogen) atoms. The first-order valence-corrected chi connectivity index (χ1v) is 6.66. The predicted octanol–water partition coefficient (Wildman–Crippen LogP) is 1.47. The van der Waals surface area contributed by atoms with Crippen LogP contribution in [-0.4, -0.2) is 56.0 Å². The van der Waals surface area contributed by atoms with E-state index >= 15 is 0 Å². The highest BCUT2D eigenvalue weighted by Gasteiger charge is 2.12. The summed E-state index contributed by atoms with van der Waals surface area (Å²) in [5, 5.41) is 7.56. The van der Waals surface area contributed by atoms with Gasteiger partial charge in [0.25, 0.3) is 0 Å². The van der Waals surface area contributed by atoms with Crippen LogP contribution in [0, 0.1) is 0 Å². The fourth-order valence-corrected chi connectivity index (χ4v) is 1.91. The first-order chi connectivity index (χ1) is 9.10. The lowest BCUT2D eigenvalue weighted by atomic mass is 10.1. The minimum absolute atomic E-state index is 0.844. The van der Waals surface area contributed by atoms with Gasteiger partial charge in [0, 0.05) is 6.54 Å². The van der Waals surface area contributed by atoms with Crippen molar-refractivity contribution in [2.45, 2.75) is 19.9 Å². The standard InChI is InChI=1S/C14H26N4O/c1-12(7-6-8-15-2)14-13(19-5)11-16-18(14)10-9-17(3)4/h7,11,15H,6,8-10H2,1-5H3/b12-7-. The maximum absolute atomic E-state index is 5.41. The minimum atomic E-state index is 0.844. The molecule has 0 atom stereocenters. The molecule has 1 heterocycles. The van der Waals surface area contributed by atoms with Gasteiger partial charge in [-0.3, -0.25) is 4.68 Å². The number of aromatic nitrogens is 2. The molecule has 0 unspecified atom stereocenters. The van der Waals surface area contributed by atoms with Gasteiger partial charge in [-0.1, -0.05) is 6.08 Å². The highest BCUT2D eigenvalue weighted by atomic mass is 16.5. The highest BCUT2D eigenvalue weighted by molar-refractivity contribution is 5.65. The van der Waals surface area contributed by atoms with E-state index in [4.69, 9.17) is 4.74 Å². The Kier molecular flexibility index (Phi) is 6.59. The van der Waals surface area contributed by atoms with Gasteiger partial charge >= 0.3 is 0 Å². The molecule has 1 aromatic rings. The second-order valence-corrected chi connectivity index (χ2v) is 4.87. The normalized spacial score (nSPS) is 12.2. The quantitative estimate of drug-likeness (QED) is 0.724. The highest BCUT2D eigenvalue weighted by Crippen LogP contribution is 2.25. The first-order valence-electron chi connectivity index (χ1n) is 6.66. The molecule has 108 valence electrons. The molecule has 0 aliphatic heterocycles. The summed E-state index contributed by atoms with van der Waals surface area (Å²) < 4.78 is 7.42. The van der Waals surface area contributed by atoms with Crippen molar-refractivity contribution in [3.63, 3.8) is 0 Å². The van der Waals surface area contributed by atoms with Crippen LogP contribution in [0.25, 0.3) is 5.57 Å². The minimum Gasteiger partial charge on any atom is -0.493 e. The summed E-state index contributed by atoms with van der Waals surface area (Å²) in [7, 11) is 7.79. The van der Waals surface area contributed by atoms with E-state index in [9.17, 15) is 0 Å². The molecule has 0 aliphatic rings. The van der Waals surface area contributed by atoms with Gasteiger partial charge in [-0.15, -0.1) is 0 Å². The first kappa shape index (κ1) is 15.7. The van der Waals surface area contributed by atoms with E-state index in [1.54, 1.807) is 13.3 Å². The topological polar surface area (TPSA) is 42.3 Å². The van der Waals surface area contributed by atoms with Gasteiger partial charge in [0.05, 0.1) is 19.9 Å². The third-order valence-corrected chi connectivity index (χ3v) is 3.00. The van der Waals surface area contributed by atoms with Gasteiger partial charge in [0.1, 0.15) is 5.69 Å². The summed E-state index contributed by atoms with van der Waals surface area (Å²) in [4.78, 5) is 2.15. The average molecular weight is 266 g/mol. The van der Waals surface area contributed by atoms with E-state index in [1.165, 1.54) is 5.57 Å². The number of nitrogens with zero attached hydrogens (tertiary/aromatic N) is 3. The molecular formula is C14H26N4O. The third kappa shape index (κ3) is 4.69.